The predicted molar refractivity (Wildman–Crippen MR) is 240 cm³/mol. The Hall–Kier alpha value is -8.24. The maximum absolute atomic E-state index is 5.07. The molecule has 6 heterocycles. The molecule has 0 bridgehead atoms. The predicted octanol–water partition coefficient (Wildman–Crippen LogP) is 10.5. The fourth-order valence-electron chi connectivity index (χ4n) is 9.00. The molecule has 2 aliphatic rings. The number of rotatable bonds is 8. The zero-order valence-corrected chi connectivity index (χ0v) is 33.6. The number of pyridine rings is 4. The van der Waals surface area contributed by atoms with Crippen LogP contribution in [-0.4, -0.2) is 49.8 Å². The van der Waals surface area contributed by atoms with Crippen molar-refractivity contribution in [2.75, 3.05) is 0 Å². The van der Waals surface area contributed by atoms with E-state index in [2.05, 4.69) is 118 Å². The van der Waals surface area contributed by atoms with Crippen LogP contribution in [0.4, 0.5) is 0 Å². The number of hydrogen-bond acceptors (Lipinski definition) is 10. The molecular weight excluding hydrogens is 765 g/mol. The second kappa shape index (κ2) is 15.1. The van der Waals surface area contributed by atoms with Crippen LogP contribution < -0.4 is 0 Å². The van der Waals surface area contributed by atoms with Gasteiger partial charge in [-0.2, -0.15) is 0 Å². The lowest BCUT2D eigenvalue weighted by Gasteiger charge is -2.48. The molecule has 0 aliphatic heterocycles. The summed E-state index contributed by atoms with van der Waals surface area (Å²) >= 11 is 0. The monoisotopic (exact) mass is 800 g/mol. The lowest BCUT2D eigenvalue weighted by atomic mass is 9.54. The van der Waals surface area contributed by atoms with Crippen LogP contribution >= 0.6 is 0 Å². The van der Waals surface area contributed by atoms with Crippen LogP contribution in [0.15, 0.2) is 189 Å². The third-order valence-corrected chi connectivity index (χ3v) is 11.8. The van der Waals surface area contributed by atoms with E-state index in [9.17, 15) is 0 Å². The fourth-order valence-corrected chi connectivity index (χ4v) is 9.00. The Bertz CT molecular complexity index is 2870. The highest BCUT2D eigenvalue weighted by atomic mass is 15.1. The molecule has 11 rings (SSSR count). The van der Waals surface area contributed by atoms with Gasteiger partial charge in [0.2, 0.25) is 0 Å². The molecule has 0 N–H and O–H groups in total. The van der Waals surface area contributed by atoms with Crippen LogP contribution in [0, 0.1) is 5.41 Å². The maximum Gasteiger partial charge on any atom is 0.182 e. The molecule has 0 fully saturated rings. The number of aromatic nitrogens is 10. The van der Waals surface area contributed by atoms with Crippen molar-refractivity contribution < 1.29 is 0 Å². The van der Waals surface area contributed by atoms with Gasteiger partial charge in [0.1, 0.15) is 22.8 Å². The molecule has 10 heteroatoms. The topological polar surface area (TPSA) is 129 Å². The molecule has 1 atom stereocenters. The van der Waals surface area contributed by atoms with Crippen molar-refractivity contribution in [1.29, 1.82) is 0 Å². The van der Waals surface area contributed by atoms with Crippen LogP contribution in [0.2, 0.25) is 0 Å². The van der Waals surface area contributed by atoms with Crippen LogP contribution in [0.25, 0.3) is 80.0 Å². The first-order chi connectivity index (χ1) is 30.6. The van der Waals surface area contributed by atoms with E-state index in [0.29, 0.717) is 57.7 Å². The Balaban J connectivity index is 1.16. The van der Waals surface area contributed by atoms with Gasteiger partial charge < -0.3 is 0 Å². The summed E-state index contributed by atoms with van der Waals surface area (Å²) in [6.07, 6.45) is 16.7. The second-order valence-corrected chi connectivity index (χ2v) is 15.5. The molecule has 6 aromatic heterocycles. The van der Waals surface area contributed by atoms with E-state index in [0.717, 1.165) is 45.4 Å². The molecule has 3 aromatic carbocycles. The molecule has 294 valence electrons. The quantitative estimate of drug-likeness (QED) is 0.146. The smallest absolute Gasteiger partial charge is 0.182 e. The molecule has 2 aliphatic carbocycles. The van der Waals surface area contributed by atoms with Crippen molar-refractivity contribution in [1.82, 2.24) is 49.8 Å². The number of hydrogen-bond donors (Lipinski definition) is 0. The SMILES string of the molecule is CC1(C2(c3ccccc3)c3cc(-c4nc(-c5ccccn5)nc(-c5ccccn5)n4)ccc3-c3ccc(-c4nc(-c5ccccn5)nc(-c5ccccn5)n4)cc32)C=CC=CC1. The van der Waals surface area contributed by atoms with E-state index in [1.165, 1.54) is 0 Å². The van der Waals surface area contributed by atoms with E-state index in [-0.39, 0.29) is 0 Å². The van der Waals surface area contributed by atoms with Gasteiger partial charge in [-0.3, -0.25) is 19.9 Å². The molecule has 0 spiro atoms. The number of allylic oxidation sites excluding steroid dienone is 4. The molecule has 1 unspecified atom stereocenters. The number of fused-ring (bicyclic) bond motifs is 3. The summed E-state index contributed by atoms with van der Waals surface area (Å²) in [7, 11) is 0. The fraction of sp³-hybridized carbons (Fsp3) is 0.0769. The third-order valence-electron chi connectivity index (χ3n) is 11.8. The Morgan fingerprint density at radius 3 is 1.18 bits per heavy atom. The summed E-state index contributed by atoms with van der Waals surface area (Å²) in [5, 5.41) is 0. The minimum Gasteiger partial charge on any atom is -0.253 e. The van der Waals surface area contributed by atoms with Crippen LogP contribution in [-0.2, 0) is 5.41 Å². The van der Waals surface area contributed by atoms with Gasteiger partial charge in [-0.15, -0.1) is 0 Å². The Kier molecular flexibility index (Phi) is 8.96. The summed E-state index contributed by atoms with van der Waals surface area (Å²) in [6, 6.07) is 46.9. The summed E-state index contributed by atoms with van der Waals surface area (Å²) < 4.78 is 0. The van der Waals surface area contributed by atoms with Crippen molar-refractivity contribution in [2.24, 2.45) is 5.41 Å². The van der Waals surface area contributed by atoms with Crippen molar-refractivity contribution in [3.63, 3.8) is 0 Å². The van der Waals surface area contributed by atoms with Crippen molar-refractivity contribution in [3.8, 4) is 80.0 Å². The first-order valence-electron chi connectivity index (χ1n) is 20.5. The number of nitrogens with zero attached hydrogens (tertiary/aromatic N) is 10. The molecule has 0 amide bonds. The molecule has 10 nitrogen and oxygen atoms in total. The molecular formula is C52H36N10. The van der Waals surface area contributed by atoms with Gasteiger partial charge in [-0.05, 0) is 94.9 Å². The first-order valence-corrected chi connectivity index (χ1v) is 20.5. The van der Waals surface area contributed by atoms with E-state index < -0.39 is 10.8 Å². The Morgan fingerprint density at radius 1 is 0.403 bits per heavy atom. The largest absolute Gasteiger partial charge is 0.253 e. The highest BCUT2D eigenvalue weighted by Crippen LogP contribution is 2.63. The Labute approximate surface area is 358 Å². The van der Waals surface area contributed by atoms with E-state index >= 15 is 0 Å². The van der Waals surface area contributed by atoms with Crippen molar-refractivity contribution in [3.05, 3.63) is 205 Å². The third kappa shape index (κ3) is 6.19. The van der Waals surface area contributed by atoms with Gasteiger partial charge in [0.15, 0.2) is 34.9 Å². The van der Waals surface area contributed by atoms with Crippen LogP contribution in [0.3, 0.4) is 0 Å². The van der Waals surface area contributed by atoms with Crippen LogP contribution in [0.1, 0.15) is 30.0 Å². The molecule has 0 saturated carbocycles. The molecule has 0 saturated heterocycles. The van der Waals surface area contributed by atoms with Crippen LogP contribution in [0.5, 0.6) is 0 Å². The molecule has 62 heavy (non-hydrogen) atoms. The summed E-state index contributed by atoms with van der Waals surface area (Å²) in [6.45, 7) is 2.36. The van der Waals surface area contributed by atoms with E-state index in [4.69, 9.17) is 29.9 Å². The zero-order chi connectivity index (χ0) is 41.5. The zero-order valence-electron chi connectivity index (χ0n) is 33.6. The summed E-state index contributed by atoms with van der Waals surface area (Å²) in [5.74, 6) is 2.94. The molecule has 0 radical (unpaired) electrons. The van der Waals surface area contributed by atoms with Gasteiger partial charge in [-0.25, -0.2) is 29.9 Å². The minimum absolute atomic E-state index is 0.422. The average molecular weight is 801 g/mol. The van der Waals surface area contributed by atoms with Gasteiger partial charge in [0.05, 0.1) is 5.41 Å². The minimum atomic E-state index is -0.687. The second-order valence-electron chi connectivity index (χ2n) is 15.5. The van der Waals surface area contributed by atoms with Gasteiger partial charge in [-0.1, -0.05) is 110 Å². The normalized spacial score (nSPS) is 15.8. The van der Waals surface area contributed by atoms with Crippen molar-refractivity contribution in [2.45, 2.75) is 18.8 Å². The van der Waals surface area contributed by atoms with E-state index in [1.807, 2.05) is 72.8 Å². The first kappa shape index (κ1) is 36.8. The van der Waals surface area contributed by atoms with Gasteiger partial charge in [0.25, 0.3) is 0 Å². The summed E-state index contributed by atoms with van der Waals surface area (Å²) in [4.78, 5) is 48.5. The lowest BCUT2D eigenvalue weighted by Crippen LogP contribution is -2.43. The average Bonchev–Trinajstić information content (AvgIpc) is 3.66. The standard InChI is InChI=1S/C52H36N10/c1-51(26-10-3-11-27-51)52(36-16-4-2-5-17-36)39-32-34(45-57-47(41-18-6-12-28-53-41)61-48(58-45)42-19-7-13-29-54-42)22-24-37(39)38-25-23-35(33-40(38)52)46-59-49(43-20-8-14-30-55-43)62-50(60-46)44-21-9-15-31-56-44/h2-26,28-33H,27H2,1H3. The Morgan fingerprint density at radius 2 is 0.806 bits per heavy atom. The van der Waals surface area contributed by atoms with Gasteiger partial charge in [0, 0.05) is 41.3 Å². The van der Waals surface area contributed by atoms with E-state index in [1.54, 1.807) is 24.8 Å². The van der Waals surface area contributed by atoms with Crippen molar-refractivity contribution >= 4 is 0 Å². The molecule has 9 aromatic rings. The highest BCUT2D eigenvalue weighted by Gasteiger charge is 2.55. The lowest BCUT2D eigenvalue weighted by molar-refractivity contribution is 0.293. The van der Waals surface area contributed by atoms with Gasteiger partial charge >= 0.3 is 0 Å². The summed E-state index contributed by atoms with van der Waals surface area (Å²) in [5.41, 5.74) is 8.91. The maximum atomic E-state index is 5.07. The highest BCUT2D eigenvalue weighted by molar-refractivity contribution is 5.88. The number of benzene rings is 3.